The highest BCUT2D eigenvalue weighted by molar-refractivity contribution is 5.77. The maximum Gasteiger partial charge on any atom is 0.317 e. The van der Waals surface area contributed by atoms with Crippen molar-refractivity contribution in [2.45, 2.75) is 17.9 Å². The first kappa shape index (κ1) is 20.3. The molecule has 0 saturated heterocycles. The molecule has 0 spiro atoms. The quantitative estimate of drug-likeness (QED) is 0.279. The molecule has 1 N–H and O–H groups in total. The van der Waals surface area contributed by atoms with Crippen LogP contribution in [0.15, 0.2) is 84.0 Å². The van der Waals surface area contributed by atoms with Gasteiger partial charge in [-0.05, 0) is 23.2 Å². The van der Waals surface area contributed by atoms with E-state index < -0.39 is 23.9 Å². The Labute approximate surface area is 178 Å². The predicted octanol–water partition coefficient (Wildman–Crippen LogP) is 4.24. The number of hydrogen-bond acceptors (Lipinski definition) is 6. The van der Waals surface area contributed by atoms with Gasteiger partial charge in [0.15, 0.2) is 17.5 Å². The van der Waals surface area contributed by atoms with Crippen molar-refractivity contribution >= 4 is 5.97 Å². The summed E-state index contributed by atoms with van der Waals surface area (Å²) in [5.41, 5.74) is 10.7. The van der Waals surface area contributed by atoms with E-state index in [2.05, 4.69) is 14.8 Å². The number of carbonyl (C=O) groups is 1. The summed E-state index contributed by atoms with van der Waals surface area (Å²) in [6.45, 7) is 0. The van der Waals surface area contributed by atoms with Gasteiger partial charge < -0.3 is 19.3 Å². The lowest BCUT2D eigenvalue weighted by molar-refractivity contribution is -0.144. The van der Waals surface area contributed by atoms with Crippen molar-refractivity contribution < 1.29 is 24.1 Å². The molecule has 156 valence electrons. The third kappa shape index (κ3) is 3.66. The van der Waals surface area contributed by atoms with Crippen LogP contribution in [0.4, 0.5) is 0 Å². The Hall–Kier alpha value is -4.00. The summed E-state index contributed by atoms with van der Waals surface area (Å²) in [5.74, 6) is -1.19. The van der Waals surface area contributed by atoms with E-state index in [4.69, 9.17) is 15.0 Å². The maximum atomic E-state index is 11.9. The van der Waals surface area contributed by atoms with Crippen molar-refractivity contribution in [1.82, 2.24) is 0 Å². The third-order valence-corrected chi connectivity index (χ3v) is 5.04. The van der Waals surface area contributed by atoms with E-state index in [1.807, 2.05) is 60.7 Å². The van der Waals surface area contributed by atoms with Gasteiger partial charge in [0, 0.05) is 16.0 Å². The second-order valence-electron chi connectivity index (χ2n) is 6.88. The minimum absolute atomic E-state index is 0.321. The Morgan fingerprint density at radius 2 is 1.58 bits per heavy atom. The summed E-state index contributed by atoms with van der Waals surface area (Å²) in [4.78, 5) is 14.6. The van der Waals surface area contributed by atoms with Gasteiger partial charge in [-0.25, -0.2) is 0 Å². The lowest BCUT2D eigenvalue weighted by atomic mass is 9.97. The number of aliphatic hydroxyl groups excluding tert-OH is 1. The van der Waals surface area contributed by atoms with Crippen molar-refractivity contribution in [3.63, 3.8) is 0 Å². The Balaban J connectivity index is 1.74. The molecule has 0 fully saturated rings. The number of azide groups is 1. The first-order valence-corrected chi connectivity index (χ1v) is 9.52. The fraction of sp³-hybridized carbons (Fsp3) is 0.174. The molecule has 0 amide bonds. The lowest BCUT2D eigenvalue weighted by Gasteiger charge is -2.28. The van der Waals surface area contributed by atoms with E-state index in [9.17, 15) is 9.90 Å². The van der Waals surface area contributed by atoms with Crippen LogP contribution in [0.1, 0.15) is 22.8 Å². The molecule has 0 aromatic heterocycles. The summed E-state index contributed by atoms with van der Waals surface area (Å²) in [5, 5.41) is 14.0. The number of aliphatic hydroxyl groups is 1. The van der Waals surface area contributed by atoms with Gasteiger partial charge in [0.05, 0.1) is 13.2 Å². The van der Waals surface area contributed by atoms with Gasteiger partial charge in [-0.15, -0.1) is 0 Å². The van der Waals surface area contributed by atoms with E-state index in [0.717, 1.165) is 18.2 Å². The van der Waals surface area contributed by atoms with E-state index in [1.165, 1.54) is 0 Å². The Morgan fingerprint density at radius 1 is 1.00 bits per heavy atom. The first-order valence-electron chi connectivity index (χ1n) is 9.52. The number of nitrogens with zero attached hydrogens (tertiary/aromatic N) is 3. The number of esters is 1. The number of methoxy groups -OCH3 is 1. The molecule has 0 saturated carbocycles. The fourth-order valence-electron chi connectivity index (χ4n) is 3.52. The summed E-state index contributed by atoms with van der Waals surface area (Å²) >= 11 is 0. The van der Waals surface area contributed by atoms with Crippen molar-refractivity contribution in [1.29, 1.82) is 0 Å². The van der Waals surface area contributed by atoms with Crippen LogP contribution in [0, 0.1) is 0 Å². The molecule has 2 unspecified atom stereocenters. The zero-order valence-electron chi connectivity index (χ0n) is 16.6. The number of fused-ring (bicyclic) bond motifs is 1. The van der Waals surface area contributed by atoms with Crippen LogP contribution in [0.2, 0.25) is 0 Å². The normalized spacial score (nSPS) is 15.4. The van der Waals surface area contributed by atoms with E-state index in [-0.39, 0.29) is 0 Å². The molecule has 3 aromatic carbocycles. The highest BCUT2D eigenvalue weighted by atomic mass is 16.7. The fourth-order valence-corrected chi connectivity index (χ4v) is 3.52. The zero-order valence-corrected chi connectivity index (χ0v) is 16.6. The number of hydrogen-bond donors (Lipinski definition) is 1. The van der Waals surface area contributed by atoms with Crippen LogP contribution < -0.4 is 9.47 Å². The molecule has 0 bridgehead atoms. The summed E-state index contributed by atoms with van der Waals surface area (Å²) < 4.78 is 17.3. The number of carbonyl (C=O) groups excluding carboxylic acids is 1. The van der Waals surface area contributed by atoms with Gasteiger partial charge in [-0.3, -0.25) is 4.79 Å². The minimum Gasteiger partial charge on any atom is -0.469 e. The van der Waals surface area contributed by atoms with E-state index in [1.54, 1.807) is 18.2 Å². The first-order chi connectivity index (χ1) is 15.1. The summed E-state index contributed by atoms with van der Waals surface area (Å²) in [6.07, 6.45) is -1.42. The molecular formula is C23H19N3O5. The number of benzene rings is 3. The molecule has 3 aromatic rings. The lowest BCUT2D eigenvalue weighted by Crippen LogP contribution is -2.36. The van der Waals surface area contributed by atoms with E-state index >= 15 is 0 Å². The molecule has 0 aliphatic carbocycles. The zero-order chi connectivity index (χ0) is 21.8. The van der Waals surface area contributed by atoms with E-state index in [0.29, 0.717) is 17.1 Å². The largest absolute Gasteiger partial charge is 0.469 e. The van der Waals surface area contributed by atoms with Crippen molar-refractivity contribution in [2.75, 3.05) is 7.11 Å². The maximum absolute atomic E-state index is 11.9. The molecule has 8 heteroatoms. The third-order valence-electron chi connectivity index (χ3n) is 5.04. The molecular weight excluding hydrogens is 398 g/mol. The Morgan fingerprint density at radius 3 is 2.13 bits per heavy atom. The second-order valence-corrected chi connectivity index (χ2v) is 6.88. The average Bonchev–Trinajstić information content (AvgIpc) is 3.23. The number of rotatable bonds is 6. The monoisotopic (exact) mass is 417 g/mol. The standard InChI is InChI=1S/C23H19N3O5/c1-29-22(28)20(25-26-24)21(27)15-12-13-18-19(14-15)31-23(30-18,16-8-4-2-5-9-16)17-10-6-3-7-11-17/h2-14,20-21,27H,1H3. The summed E-state index contributed by atoms with van der Waals surface area (Å²) in [6, 6.07) is 22.4. The molecule has 31 heavy (non-hydrogen) atoms. The molecule has 1 aliphatic rings. The van der Waals surface area contributed by atoms with Crippen molar-refractivity contribution in [2.24, 2.45) is 5.11 Å². The van der Waals surface area contributed by atoms with Crippen LogP contribution in [-0.4, -0.2) is 24.2 Å². The minimum atomic E-state index is -1.43. The molecule has 0 radical (unpaired) electrons. The van der Waals surface area contributed by atoms with Crippen LogP contribution in [-0.2, 0) is 15.3 Å². The Bertz CT molecular complexity index is 1090. The highest BCUT2D eigenvalue weighted by Crippen LogP contribution is 2.48. The van der Waals surface area contributed by atoms with Crippen LogP contribution in [0.5, 0.6) is 11.5 Å². The second kappa shape index (κ2) is 8.39. The Kier molecular flexibility index (Phi) is 5.49. The number of ether oxygens (including phenoxy) is 3. The predicted molar refractivity (Wildman–Crippen MR) is 111 cm³/mol. The van der Waals surface area contributed by atoms with Crippen LogP contribution in [0.3, 0.4) is 0 Å². The molecule has 2 atom stereocenters. The van der Waals surface area contributed by atoms with Gasteiger partial charge in [-0.2, -0.15) is 0 Å². The van der Waals surface area contributed by atoms with Gasteiger partial charge in [0.2, 0.25) is 0 Å². The van der Waals surface area contributed by atoms with Crippen molar-refractivity contribution in [3.05, 3.63) is 106 Å². The smallest absolute Gasteiger partial charge is 0.317 e. The molecule has 8 nitrogen and oxygen atoms in total. The molecule has 4 rings (SSSR count). The average molecular weight is 417 g/mol. The van der Waals surface area contributed by atoms with Crippen LogP contribution in [0.25, 0.3) is 10.4 Å². The molecule has 1 aliphatic heterocycles. The molecule has 1 heterocycles. The van der Waals surface area contributed by atoms with Gasteiger partial charge in [0.1, 0.15) is 0 Å². The van der Waals surface area contributed by atoms with Crippen molar-refractivity contribution in [3.8, 4) is 11.5 Å². The topological polar surface area (TPSA) is 114 Å². The highest BCUT2D eigenvalue weighted by Gasteiger charge is 2.45. The van der Waals surface area contributed by atoms with Gasteiger partial charge in [0.25, 0.3) is 0 Å². The SMILES string of the molecule is COC(=O)C(N=[N+]=[N-])C(O)c1ccc2c(c1)OC(c1ccccc1)(c1ccccc1)O2. The summed E-state index contributed by atoms with van der Waals surface area (Å²) in [7, 11) is 1.16. The van der Waals surface area contributed by atoms with Gasteiger partial charge >= 0.3 is 11.8 Å². The van der Waals surface area contributed by atoms with Gasteiger partial charge in [-0.1, -0.05) is 71.8 Å². The van der Waals surface area contributed by atoms with Crippen LogP contribution >= 0.6 is 0 Å².